The van der Waals surface area contributed by atoms with Gasteiger partial charge in [0, 0.05) is 23.1 Å². The molecule has 1 aliphatic rings. The van der Waals surface area contributed by atoms with Crippen LogP contribution in [-0.4, -0.2) is 24.2 Å². The average molecular weight is 378 g/mol. The fourth-order valence-corrected chi connectivity index (χ4v) is 3.26. The number of pyridine rings is 1. The van der Waals surface area contributed by atoms with Crippen molar-refractivity contribution in [3.05, 3.63) is 71.0 Å². The highest BCUT2D eigenvalue weighted by atomic mass is 19.1. The van der Waals surface area contributed by atoms with Crippen molar-refractivity contribution in [2.24, 2.45) is 5.73 Å². The van der Waals surface area contributed by atoms with Gasteiger partial charge < -0.3 is 10.5 Å². The molecule has 1 aliphatic carbocycles. The lowest BCUT2D eigenvalue weighted by molar-refractivity contribution is -0.191. The molecule has 4 rings (SSSR count). The molecule has 1 aromatic heterocycles. The van der Waals surface area contributed by atoms with Crippen molar-refractivity contribution in [2.75, 3.05) is 7.11 Å². The standard InChI is InChI=1S/C20H15FN2O2.CO2/c1-25-18-7-6-12(9-16(18)21)17-10-15(20(22)24)14-8-11-4-2-3-5-13(11)19(14)23-17;2-1-3/h2-7,9-10H,8H2,1H3,(H2,22,24);. The van der Waals surface area contributed by atoms with Gasteiger partial charge in [-0.15, -0.1) is 0 Å². The van der Waals surface area contributed by atoms with Gasteiger partial charge in [0.2, 0.25) is 5.91 Å². The van der Waals surface area contributed by atoms with Crippen molar-refractivity contribution >= 4 is 12.1 Å². The summed E-state index contributed by atoms with van der Waals surface area (Å²) < 4.78 is 19.0. The molecule has 0 aliphatic heterocycles. The molecule has 2 N–H and O–H groups in total. The van der Waals surface area contributed by atoms with Crippen LogP contribution in [0.1, 0.15) is 21.5 Å². The summed E-state index contributed by atoms with van der Waals surface area (Å²) in [5.41, 5.74) is 10.7. The largest absolute Gasteiger partial charge is 0.494 e. The van der Waals surface area contributed by atoms with Crippen LogP contribution in [0, 0.1) is 5.82 Å². The molecule has 3 aromatic rings. The molecule has 7 heteroatoms. The normalized spacial score (nSPS) is 10.8. The van der Waals surface area contributed by atoms with E-state index in [1.165, 1.54) is 19.2 Å². The van der Waals surface area contributed by atoms with Crippen LogP contribution in [0.4, 0.5) is 4.39 Å². The van der Waals surface area contributed by atoms with E-state index < -0.39 is 11.7 Å². The fraction of sp³-hybridized carbons (Fsp3) is 0.0952. The van der Waals surface area contributed by atoms with Crippen LogP contribution in [-0.2, 0) is 16.0 Å². The minimum atomic E-state index is -0.512. The van der Waals surface area contributed by atoms with E-state index in [2.05, 4.69) is 4.98 Å². The number of fused-ring (bicyclic) bond motifs is 3. The minimum absolute atomic E-state index is 0.158. The summed E-state index contributed by atoms with van der Waals surface area (Å²) in [7, 11) is 1.41. The van der Waals surface area contributed by atoms with Gasteiger partial charge in [0.05, 0.1) is 18.5 Å². The number of primary amides is 1. The zero-order valence-corrected chi connectivity index (χ0v) is 14.9. The molecule has 1 heterocycles. The van der Waals surface area contributed by atoms with E-state index in [0.717, 1.165) is 22.4 Å². The van der Waals surface area contributed by atoms with E-state index in [4.69, 9.17) is 20.1 Å². The Balaban J connectivity index is 0.000000706. The monoisotopic (exact) mass is 378 g/mol. The second-order valence-electron chi connectivity index (χ2n) is 6.01. The van der Waals surface area contributed by atoms with Crippen molar-refractivity contribution in [3.63, 3.8) is 0 Å². The van der Waals surface area contributed by atoms with Crippen molar-refractivity contribution in [3.8, 4) is 28.3 Å². The van der Waals surface area contributed by atoms with Crippen LogP contribution in [0.25, 0.3) is 22.5 Å². The highest BCUT2D eigenvalue weighted by molar-refractivity contribution is 5.98. The number of rotatable bonds is 3. The lowest BCUT2D eigenvalue weighted by Gasteiger charge is -2.10. The molecule has 0 bridgehead atoms. The number of methoxy groups -OCH3 is 1. The number of aromatic nitrogens is 1. The van der Waals surface area contributed by atoms with E-state index >= 15 is 0 Å². The maximum absolute atomic E-state index is 14.1. The van der Waals surface area contributed by atoms with Crippen molar-refractivity contribution < 1.29 is 23.5 Å². The summed E-state index contributed by atoms with van der Waals surface area (Å²) in [6, 6.07) is 14.1. The van der Waals surface area contributed by atoms with Crippen molar-refractivity contribution in [2.45, 2.75) is 6.42 Å². The Labute approximate surface area is 159 Å². The second-order valence-corrected chi connectivity index (χ2v) is 6.01. The van der Waals surface area contributed by atoms with Gasteiger partial charge in [-0.2, -0.15) is 9.59 Å². The summed E-state index contributed by atoms with van der Waals surface area (Å²) in [5.74, 6) is -0.838. The highest BCUT2D eigenvalue weighted by Gasteiger charge is 2.25. The lowest BCUT2D eigenvalue weighted by Crippen LogP contribution is -2.14. The van der Waals surface area contributed by atoms with E-state index in [9.17, 15) is 9.18 Å². The number of hydrogen-bond donors (Lipinski definition) is 1. The van der Waals surface area contributed by atoms with Gasteiger partial charge in [-0.05, 0) is 35.4 Å². The van der Waals surface area contributed by atoms with Gasteiger partial charge in [0.25, 0.3) is 0 Å². The van der Waals surface area contributed by atoms with Crippen LogP contribution in [0.3, 0.4) is 0 Å². The Bertz CT molecular complexity index is 1110. The first-order chi connectivity index (χ1) is 13.5. The number of carbonyl (C=O) groups excluding carboxylic acids is 3. The number of benzene rings is 2. The topological polar surface area (TPSA) is 99.3 Å². The van der Waals surface area contributed by atoms with Crippen LogP contribution in [0.15, 0.2) is 48.5 Å². The summed E-state index contributed by atoms with van der Waals surface area (Å²) >= 11 is 0. The summed E-state index contributed by atoms with van der Waals surface area (Å²) in [5, 5.41) is 0. The Hall–Kier alpha value is -3.83. The molecule has 0 spiro atoms. The van der Waals surface area contributed by atoms with Gasteiger partial charge in [-0.25, -0.2) is 9.37 Å². The maximum atomic E-state index is 14.1. The summed E-state index contributed by atoms with van der Waals surface area (Å²) in [6.07, 6.45) is 0.869. The van der Waals surface area contributed by atoms with E-state index in [0.29, 0.717) is 23.2 Å². The molecular weight excluding hydrogens is 363 g/mol. The smallest absolute Gasteiger partial charge is 0.373 e. The number of carbonyl (C=O) groups is 1. The van der Waals surface area contributed by atoms with Gasteiger partial charge in [0.15, 0.2) is 11.6 Å². The number of halogens is 1. The third kappa shape index (κ3) is 3.39. The van der Waals surface area contributed by atoms with E-state index in [-0.39, 0.29) is 11.9 Å². The van der Waals surface area contributed by atoms with Crippen molar-refractivity contribution in [1.29, 1.82) is 0 Å². The minimum Gasteiger partial charge on any atom is -0.494 e. The molecule has 140 valence electrons. The van der Waals surface area contributed by atoms with Crippen molar-refractivity contribution in [1.82, 2.24) is 4.98 Å². The fourth-order valence-electron chi connectivity index (χ4n) is 3.26. The van der Waals surface area contributed by atoms with Gasteiger partial charge in [0.1, 0.15) is 0 Å². The van der Waals surface area contributed by atoms with E-state index in [1.54, 1.807) is 12.1 Å². The Morgan fingerprint density at radius 3 is 2.54 bits per heavy atom. The van der Waals surface area contributed by atoms with E-state index in [1.807, 2.05) is 24.3 Å². The molecule has 1 amide bonds. The number of ether oxygens (including phenoxy) is 1. The maximum Gasteiger partial charge on any atom is 0.373 e. The molecule has 6 nitrogen and oxygen atoms in total. The molecule has 0 unspecified atom stereocenters. The predicted octanol–water partition coefficient (Wildman–Crippen LogP) is 2.98. The first-order valence-electron chi connectivity index (χ1n) is 8.25. The number of hydrogen-bond acceptors (Lipinski definition) is 5. The molecule has 0 radical (unpaired) electrons. The number of nitrogens with two attached hydrogens (primary N) is 1. The predicted molar refractivity (Wildman–Crippen MR) is 97.9 cm³/mol. The third-order valence-corrected chi connectivity index (χ3v) is 4.48. The lowest BCUT2D eigenvalue weighted by atomic mass is 10.0. The molecule has 28 heavy (non-hydrogen) atoms. The van der Waals surface area contributed by atoms with Crippen LogP contribution >= 0.6 is 0 Å². The number of amides is 1. The summed E-state index contributed by atoms with van der Waals surface area (Å²) in [6.45, 7) is 0. The first-order valence-corrected chi connectivity index (χ1v) is 8.25. The van der Waals surface area contributed by atoms with Crippen LogP contribution in [0.5, 0.6) is 5.75 Å². The first kappa shape index (κ1) is 18.9. The van der Waals surface area contributed by atoms with Crippen LogP contribution < -0.4 is 10.5 Å². The highest BCUT2D eigenvalue weighted by Crippen LogP contribution is 2.39. The van der Waals surface area contributed by atoms with Gasteiger partial charge >= 0.3 is 6.15 Å². The Kier molecular flexibility index (Phi) is 5.29. The molecule has 2 aromatic carbocycles. The second kappa shape index (κ2) is 7.82. The van der Waals surface area contributed by atoms with Crippen LogP contribution in [0.2, 0.25) is 0 Å². The molecule has 0 saturated carbocycles. The molecule has 0 saturated heterocycles. The molecule has 0 atom stereocenters. The number of nitrogens with zero attached hydrogens (tertiary/aromatic N) is 1. The molecular formula is C21H15FN2O4. The third-order valence-electron chi connectivity index (χ3n) is 4.48. The van der Waals surface area contributed by atoms with Gasteiger partial charge in [-0.3, -0.25) is 4.79 Å². The Morgan fingerprint density at radius 1 is 1.18 bits per heavy atom. The SMILES string of the molecule is COc1ccc(-c2cc(C(N)=O)c3c(n2)-c2ccccc2C3)cc1F.O=C=O. The molecule has 0 fully saturated rings. The summed E-state index contributed by atoms with van der Waals surface area (Å²) in [4.78, 5) is 32.9. The Morgan fingerprint density at radius 2 is 1.89 bits per heavy atom. The average Bonchev–Trinajstić information content (AvgIpc) is 3.06. The zero-order chi connectivity index (χ0) is 20.3. The zero-order valence-electron chi connectivity index (χ0n) is 14.9. The quantitative estimate of drug-likeness (QED) is 0.591. The van der Waals surface area contributed by atoms with Gasteiger partial charge in [-0.1, -0.05) is 24.3 Å².